The van der Waals surface area contributed by atoms with Gasteiger partial charge in [-0.1, -0.05) is 49.4 Å². The molecule has 0 aromatic heterocycles. The quantitative estimate of drug-likeness (QED) is 0.511. The molecule has 3 rings (SSSR count). The number of carbonyl (C=O) groups excluding carboxylic acids is 1. The molecule has 2 aromatic carbocycles. The van der Waals surface area contributed by atoms with Gasteiger partial charge in [0.05, 0.1) is 12.7 Å². The van der Waals surface area contributed by atoms with Crippen molar-refractivity contribution in [3.05, 3.63) is 65.7 Å². The summed E-state index contributed by atoms with van der Waals surface area (Å²) in [7, 11) is 1.67. The fraction of sp³-hybridized carbons (Fsp3) is 0.519. The Labute approximate surface area is 187 Å². The number of rotatable bonds is 9. The minimum atomic E-state index is -0.0854. The first-order valence-electron chi connectivity index (χ1n) is 11.5. The summed E-state index contributed by atoms with van der Waals surface area (Å²) >= 11 is 0. The maximum atomic E-state index is 12.7. The highest BCUT2D eigenvalue weighted by atomic mass is 16.5. The van der Waals surface area contributed by atoms with Crippen LogP contribution in [0.4, 0.5) is 0 Å². The largest absolute Gasteiger partial charge is 0.497 e. The van der Waals surface area contributed by atoms with Crippen molar-refractivity contribution in [2.24, 2.45) is 5.92 Å². The highest BCUT2D eigenvalue weighted by Gasteiger charge is 2.34. The van der Waals surface area contributed by atoms with E-state index < -0.39 is 0 Å². The van der Waals surface area contributed by atoms with Gasteiger partial charge in [0, 0.05) is 26.1 Å². The minimum Gasteiger partial charge on any atom is -0.497 e. The van der Waals surface area contributed by atoms with Crippen LogP contribution in [-0.4, -0.2) is 36.7 Å². The normalized spacial score (nSPS) is 18.9. The standard InChI is InChI=1S/C27H37NO3/c1-5-26(29)28(20-21-11-13-24(30-4)14-12-21)17-15-25(22-9-7-6-8-10-22)23-16-18-31-27(2,3)19-23/h6-14,23,25H,5,15-20H2,1-4H3/t23-,25+/m0/s1. The van der Waals surface area contributed by atoms with Gasteiger partial charge in [-0.15, -0.1) is 0 Å². The van der Waals surface area contributed by atoms with Gasteiger partial charge in [-0.2, -0.15) is 0 Å². The van der Waals surface area contributed by atoms with Crippen LogP contribution in [0.15, 0.2) is 54.6 Å². The Balaban J connectivity index is 1.75. The average molecular weight is 424 g/mol. The van der Waals surface area contributed by atoms with E-state index in [1.165, 1.54) is 5.56 Å². The second-order valence-electron chi connectivity index (χ2n) is 9.18. The highest BCUT2D eigenvalue weighted by Crippen LogP contribution is 2.40. The van der Waals surface area contributed by atoms with Gasteiger partial charge in [-0.3, -0.25) is 4.79 Å². The van der Waals surface area contributed by atoms with Gasteiger partial charge < -0.3 is 14.4 Å². The van der Waals surface area contributed by atoms with Crippen molar-refractivity contribution in [1.82, 2.24) is 4.90 Å². The number of benzene rings is 2. The van der Waals surface area contributed by atoms with Gasteiger partial charge in [-0.25, -0.2) is 0 Å². The number of ether oxygens (including phenoxy) is 2. The zero-order valence-electron chi connectivity index (χ0n) is 19.5. The van der Waals surface area contributed by atoms with Gasteiger partial charge in [0.15, 0.2) is 0 Å². The topological polar surface area (TPSA) is 38.8 Å². The molecule has 4 nitrogen and oxygen atoms in total. The molecular formula is C27H37NO3. The van der Waals surface area contributed by atoms with E-state index in [0.717, 1.165) is 43.7 Å². The minimum absolute atomic E-state index is 0.0854. The Morgan fingerprint density at radius 2 is 1.87 bits per heavy atom. The third-order valence-corrected chi connectivity index (χ3v) is 6.43. The monoisotopic (exact) mass is 423 g/mol. The van der Waals surface area contributed by atoms with E-state index >= 15 is 0 Å². The van der Waals surface area contributed by atoms with Crippen molar-refractivity contribution in [3.8, 4) is 5.75 Å². The summed E-state index contributed by atoms with van der Waals surface area (Å²) < 4.78 is 11.2. The second kappa shape index (κ2) is 10.8. The lowest BCUT2D eigenvalue weighted by atomic mass is 9.75. The van der Waals surface area contributed by atoms with E-state index in [2.05, 4.69) is 44.2 Å². The molecule has 0 saturated carbocycles. The fourth-order valence-corrected chi connectivity index (χ4v) is 4.76. The van der Waals surface area contributed by atoms with Crippen LogP contribution in [0.3, 0.4) is 0 Å². The number of hydrogen-bond donors (Lipinski definition) is 0. The van der Waals surface area contributed by atoms with Crippen molar-refractivity contribution < 1.29 is 14.3 Å². The van der Waals surface area contributed by atoms with Crippen molar-refractivity contribution in [2.45, 2.75) is 64.5 Å². The first kappa shape index (κ1) is 23.3. The van der Waals surface area contributed by atoms with E-state index in [9.17, 15) is 4.79 Å². The van der Waals surface area contributed by atoms with E-state index in [0.29, 0.717) is 24.8 Å². The second-order valence-corrected chi connectivity index (χ2v) is 9.18. The third-order valence-electron chi connectivity index (χ3n) is 6.43. The van der Waals surface area contributed by atoms with Crippen molar-refractivity contribution in [2.75, 3.05) is 20.3 Å². The van der Waals surface area contributed by atoms with E-state index in [-0.39, 0.29) is 11.5 Å². The van der Waals surface area contributed by atoms with Crippen LogP contribution < -0.4 is 4.74 Å². The zero-order chi connectivity index (χ0) is 22.3. The van der Waals surface area contributed by atoms with E-state index in [1.54, 1.807) is 7.11 Å². The first-order chi connectivity index (χ1) is 14.9. The van der Waals surface area contributed by atoms with E-state index in [4.69, 9.17) is 9.47 Å². The SMILES string of the molecule is CCC(=O)N(CC[C@H](c1ccccc1)[C@H]1CCOC(C)(C)C1)Cc1ccc(OC)cc1. The highest BCUT2D eigenvalue weighted by molar-refractivity contribution is 5.75. The maximum absolute atomic E-state index is 12.7. The molecule has 4 heteroatoms. The van der Waals surface area contributed by atoms with Gasteiger partial charge in [0.25, 0.3) is 0 Å². The van der Waals surface area contributed by atoms with Crippen LogP contribution in [0.25, 0.3) is 0 Å². The molecule has 1 heterocycles. The van der Waals surface area contributed by atoms with Gasteiger partial charge >= 0.3 is 0 Å². The molecule has 0 N–H and O–H groups in total. The Kier molecular flexibility index (Phi) is 8.14. The first-order valence-corrected chi connectivity index (χ1v) is 11.5. The number of hydrogen-bond acceptors (Lipinski definition) is 3. The van der Waals surface area contributed by atoms with Crippen LogP contribution in [0, 0.1) is 5.92 Å². The lowest BCUT2D eigenvalue weighted by molar-refractivity contribution is -0.131. The Bertz CT molecular complexity index is 816. The Morgan fingerprint density at radius 1 is 1.16 bits per heavy atom. The van der Waals surface area contributed by atoms with Gasteiger partial charge in [0.1, 0.15) is 5.75 Å². The molecule has 0 radical (unpaired) electrons. The molecule has 2 aromatic rings. The Morgan fingerprint density at radius 3 is 2.48 bits per heavy atom. The number of nitrogens with zero attached hydrogens (tertiary/aromatic N) is 1. The van der Waals surface area contributed by atoms with Crippen LogP contribution >= 0.6 is 0 Å². The Hall–Kier alpha value is -2.33. The predicted octanol–water partition coefficient (Wildman–Crippen LogP) is 5.81. The summed E-state index contributed by atoms with van der Waals surface area (Å²) in [6.45, 7) is 8.53. The van der Waals surface area contributed by atoms with Crippen LogP contribution in [0.2, 0.25) is 0 Å². The molecule has 1 saturated heterocycles. The van der Waals surface area contributed by atoms with Crippen LogP contribution in [0.1, 0.15) is 63.5 Å². The molecule has 31 heavy (non-hydrogen) atoms. The molecule has 0 unspecified atom stereocenters. The summed E-state index contributed by atoms with van der Waals surface area (Å²) in [5.74, 6) is 2.02. The zero-order valence-corrected chi connectivity index (χ0v) is 19.5. The molecule has 0 aliphatic carbocycles. The molecule has 1 aliphatic heterocycles. The predicted molar refractivity (Wildman–Crippen MR) is 125 cm³/mol. The number of amides is 1. The lowest BCUT2D eigenvalue weighted by Crippen LogP contribution is -2.37. The summed E-state index contributed by atoms with van der Waals surface area (Å²) in [4.78, 5) is 14.8. The fourth-order valence-electron chi connectivity index (χ4n) is 4.76. The molecule has 1 fully saturated rings. The van der Waals surface area contributed by atoms with Crippen molar-refractivity contribution in [3.63, 3.8) is 0 Å². The average Bonchev–Trinajstić information content (AvgIpc) is 2.78. The van der Waals surface area contributed by atoms with Crippen molar-refractivity contribution in [1.29, 1.82) is 0 Å². The molecule has 2 atom stereocenters. The maximum Gasteiger partial charge on any atom is 0.222 e. The van der Waals surface area contributed by atoms with Gasteiger partial charge in [-0.05, 0) is 68.2 Å². The van der Waals surface area contributed by atoms with Crippen molar-refractivity contribution >= 4 is 5.91 Å². The summed E-state index contributed by atoms with van der Waals surface area (Å²) in [5, 5.41) is 0. The van der Waals surface area contributed by atoms with Crippen LogP contribution in [0.5, 0.6) is 5.75 Å². The smallest absolute Gasteiger partial charge is 0.222 e. The van der Waals surface area contributed by atoms with E-state index in [1.807, 2.05) is 36.1 Å². The molecule has 1 aliphatic rings. The molecule has 0 bridgehead atoms. The molecule has 168 valence electrons. The lowest BCUT2D eigenvalue weighted by Gasteiger charge is -2.40. The summed E-state index contributed by atoms with van der Waals surface area (Å²) in [6, 6.07) is 18.8. The van der Waals surface area contributed by atoms with Gasteiger partial charge in [0.2, 0.25) is 5.91 Å². The number of carbonyl (C=O) groups is 1. The van der Waals surface area contributed by atoms with Crippen LogP contribution in [-0.2, 0) is 16.1 Å². The number of methoxy groups -OCH3 is 1. The summed E-state index contributed by atoms with van der Waals surface area (Å²) in [5.41, 5.74) is 2.42. The molecule has 1 amide bonds. The summed E-state index contributed by atoms with van der Waals surface area (Å²) in [6.07, 6.45) is 3.61. The molecular weight excluding hydrogens is 386 g/mol. The third kappa shape index (κ3) is 6.57. The molecule has 0 spiro atoms.